The molecule has 1 aromatic carbocycles. The van der Waals surface area contributed by atoms with E-state index < -0.39 is 46.7 Å². The number of esters is 1. The maximum atomic E-state index is 13.2. The Morgan fingerprint density at radius 2 is 1.29 bits per heavy atom. The molecule has 94 valence electrons. The Bertz CT molecular complexity index is 443. The Kier molecular flexibility index (Phi) is 3.69. The fourth-order valence-electron chi connectivity index (χ4n) is 1.29. The van der Waals surface area contributed by atoms with E-state index in [0.717, 1.165) is 13.8 Å². The number of carbonyl (C=O) groups is 1. The molecule has 0 unspecified atom stereocenters. The van der Waals surface area contributed by atoms with Crippen LogP contribution >= 0.6 is 0 Å². The Hall–Kier alpha value is -1.66. The summed E-state index contributed by atoms with van der Waals surface area (Å²) < 4.78 is 69.0. The first-order valence-corrected chi connectivity index (χ1v) is 4.45. The Balaban J connectivity index is 3.38. The van der Waals surface area contributed by atoms with Crippen molar-refractivity contribution in [2.75, 3.05) is 0 Å². The van der Waals surface area contributed by atoms with Gasteiger partial charge in [-0.3, -0.25) is 4.79 Å². The van der Waals surface area contributed by atoms with Crippen LogP contribution in [0.1, 0.15) is 25.5 Å². The van der Waals surface area contributed by atoms with Gasteiger partial charge in [0.15, 0.2) is 23.3 Å². The average molecular weight is 254 g/mol. The minimum atomic E-state index is -2.25. The smallest absolute Gasteiger partial charge is 0.303 e. The lowest BCUT2D eigenvalue weighted by molar-refractivity contribution is -0.146. The third-order valence-corrected chi connectivity index (χ3v) is 1.99. The Morgan fingerprint density at radius 1 is 0.941 bits per heavy atom. The predicted molar refractivity (Wildman–Crippen MR) is 46.4 cm³/mol. The van der Waals surface area contributed by atoms with Crippen LogP contribution in [0.15, 0.2) is 0 Å². The summed E-state index contributed by atoms with van der Waals surface area (Å²) in [5.74, 6) is -11.3. The topological polar surface area (TPSA) is 26.3 Å². The first-order valence-electron chi connectivity index (χ1n) is 4.45. The van der Waals surface area contributed by atoms with E-state index in [-0.39, 0.29) is 0 Å². The zero-order chi connectivity index (χ0) is 13.3. The van der Waals surface area contributed by atoms with Gasteiger partial charge in [-0.05, 0) is 6.92 Å². The van der Waals surface area contributed by atoms with Crippen molar-refractivity contribution in [2.24, 2.45) is 0 Å². The van der Waals surface area contributed by atoms with E-state index in [1.807, 2.05) is 0 Å². The zero-order valence-corrected chi connectivity index (χ0v) is 8.78. The molecule has 0 radical (unpaired) electrons. The molecule has 0 saturated carbocycles. The second-order valence-corrected chi connectivity index (χ2v) is 3.24. The first kappa shape index (κ1) is 13.4. The van der Waals surface area contributed by atoms with Gasteiger partial charge < -0.3 is 4.74 Å². The molecule has 17 heavy (non-hydrogen) atoms. The fraction of sp³-hybridized carbons (Fsp3) is 0.300. The molecule has 0 spiro atoms. The lowest BCUT2D eigenvalue weighted by Gasteiger charge is -2.15. The van der Waals surface area contributed by atoms with E-state index in [1.165, 1.54) is 0 Å². The van der Waals surface area contributed by atoms with Gasteiger partial charge in [0.1, 0.15) is 6.10 Å². The fourth-order valence-corrected chi connectivity index (χ4v) is 1.29. The summed E-state index contributed by atoms with van der Waals surface area (Å²) in [6, 6.07) is 0. The Labute approximate surface area is 93.0 Å². The molecule has 0 amide bonds. The highest BCUT2D eigenvalue weighted by molar-refractivity contribution is 5.66. The van der Waals surface area contributed by atoms with E-state index in [0.29, 0.717) is 0 Å². The summed E-state index contributed by atoms with van der Waals surface area (Å²) in [7, 11) is 0. The van der Waals surface area contributed by atoms with Crippen LogP contribution in [0, 0.1) is 29.1 Å². The van der Waals surface area contributed by atoms with Crippen LogP contribution in [-0.2, 0) is 9.53 Å². The molecule has 0 aliphatic carbocycles. The molecule has 0 saturated heterocycles. The van der Waals surface area contributed by atoms with Crippen molar-refractivity contribution in [3.05, 3.63) is 34.6 Å². The molecule has 2 nitrogen and oxygen atoms in total. The van der Waals surface area contributed by atoms with Crippen LogP contribution < -0.4 is 0 Å². The van der Waals surface area contributed by atoms with Crippen molar-refractivity contribution in [3.8, 4) is 0 Å². The van der Waals surface area contributed by atoms with E-state index in [9.17, 15) is 26.7 Å². The van der Waals surface area contributed by atoms with Crippen molar-refractivity contribution < 1.29 is 31.5 Å². The number of benzene rings is 1. The highest BCUT2D eigenvalue weighted by atomic mass is 19.2. The van der Waals surface area contributed by atoms with E-state index in [1.54, 1.807) is 0 Å². The summed E-state index contributed by atoms with van der Waals surface area (Å²) in [4.78, 5) is 10.6. The largest absolute Gasteiger partial charge is 0.458 e. The first-order chi connectivity index (χ1) is 7.77. The average Bonchev–Trinajstić information content (AvgIpc) is 2.23. The van der Waals surface area contributed by atoms with Gasteiger partial charge in [0.2, 0.25) is 5.82 Å². The number of halogens is 5. The van der Waals surface area contributed by atoms with Gasteiger partial charge in [-0.15, -0.1) is 0 Å². The second kappa shape index (κ2) is 4.68. The lowest BCUT2D eigenvalue weighted by atomic mass is 10.1. The molecule has 0 bridgehead atoms. The van der Waals surface area contributed by atoms with Crippen molar-refractivity contribution in [1.29, 1.82) is 0 Å². The maximum Gasteiger partial charge on any atom is 0.303 e. The predicted octanol–water partition coefficient (Wildman–Crippen LogP) is 3.01. The van der Waals surface area contributed by atoms with Gasteiger partial charge in [-0.2, -0.15) is 0 Å². The van der Waals surface area contributed by atoms with Crippen molar-refractivity contribution in [1.82, 2.24) is 0 Å². The quantitative estimate of drug-likeness (QED) is 0.351. The van der Waals surface area contributed by atoms with Crippen LogP contribution in [0.25, 0.3) is 0 Å². The third kappa shape index (κ3) is 2.37. The van der Waals surface area contributed by atoms with Crippen LogP contribution in [0.3, 0.4) is 0 Å². The van der Waals surface area contributed by atoms with E-state index >= 15 is 0 Å². The van der Waals surface area contributed by atoms with E-state index in [4.69, 9.17) is 0 Å². The molecule has 0 aliphatic rings. The molecule has 0 aromatic heterocycles. The number of hydrogen-bond donors (Lipinski definition) is 0. The van der Waals surface area contributed by atoms with Gasteiger partial charge in [0.05, 0.1) is 5.56 Å². The van der Waals surface area contributed by atoms with Gasteiger partial charge in [-0.1, -0.05) is 0 Å². The molecule has 1 atom stereocenters. The zero-order valence-electron chi connectivity index (χ0n) is 8.78. The molecule has 0 aliphatic heterocycles. The monoisotopic (exact) mass is 254 g/mol. The maximum absolute atomic E-state index is 13.2. The highest BCUT2D eigenvalue weighted by Crippen LogP contribution is 2.29. The summed E-state index contributed by atoms with van der Waals surface area (Å²) in [6.07, 6.45) is -1.57. The number of hydrogen-bond acceptors (Lipinski definition) is 2. The van der Waals surface area contributed by atoms with Gasteiger partial charge >= 0.3 is 5.97 Å². The lowest BCUT2D eigenvalue weighted by Crippen LogP contribution is -2.13. The van der Waals surface area contributed by atoms with Gasteiger partial charge in [0, 0.05) is 6.92 Å². The van der Waals surface area contributed by atoms with Crippen molar-refractivity contribution in [2.45, 2.75) is 20.0 Å². The standard InChI is InChI=1S/C10H7F5O2/c1-3(17-4(2)16)5-6(11)8(13)10(15)9(14)7(5)12/h3H,1-2H3/t3-/m1/s1. The SMILES string of the molecule is CC(=O)O[C@H](C)c1c(F)c(F)c(F)c(F)c1F. The summed E-state index contributed by atoms with van der Waals surface area (Å²) in [5.41, 5.74) is -1.17. The van der Waals surface area contributed by atoms with Crippen molar-refractivity contribution >= 4 is 5.97 Å². The van der Waals surface area contributed by atoms with Gasteiger partial charge in [-0.25, -0.2) is 22.0 Å². The normalized spacial score (nSPS) is 12.4. The molecule has 1 aromatic rings. The van der Waals surface area contributed by atoms with Gasteiger partial charge in [0.25, 0.3) is 0 Å². The third-order valence-electron chi connectivity index (χ3n) is 1.99. The van der Waals surface area contributed by atoms with Crippen LogP contribution in [-0.4, -0.2) is 5.97 Å². The molecular weight excluding hydrogens is 247 g/mol. The van der Waals surface area contributed by atoms with Crippen LogP contribution in [0.2, 0.25) is 0 Å². The summed E-state index contributed by atoms with van der Waals surface area (Å²) >= 11 is 0. The Morgan fingerprint density at radius 3 is 1.65 bits per heavy atom. The molecule has 0 heterocycles. The number of ether oxygens (including phenoxy) is 1. The highest BCUT2D eigenvalue weighted by Gasteiger charge is 2.29. The van der Waals surface area contributed by atoms with Crippen LogP contribution in [0.5, 0.6) is 0 Å². The second-order valence-electron chi connectivity index (χ2n) is 3.24. The summed E-state index contributed by atoms with van der Waals surface area (Å²) in [5, 5.41) is 0. The summed E-state index contributed by atoms with van der Waals surface area (Å²) in [6.45, 7) is 1.95. The minimum absolute atomic E-state index is 0.901. The number of carbonyl (C=O) groups excluding carboxylic acids is 1. The molecule has 7 heteroatoms. The van der Waals surface area contributed by atoms with Crippen LogP contribution in [0.4, 0.5) is 22.0 Å². The van der Waals surface area contributed by atoms with Crippen molar-refractivity contribution in [3.63, 3.8) is 0 Å². The molecule has 0 fully saturated rings. The van der Waals surface area contributed by atoms with E-state index in [2.05, 4.69) is 4.74 Å². The number of rotatable bonds is 2. The molecule has 1 rings (SSSR count). The molecule has 0 N–H and O–H groups in total. The minimum Gasteiger partial charge on any atom is -0.458 e. The molecular formula is C10H7F5O2.